The van der Waals surface area contributed by atoms with Gasteiger partial charge in [-0.1, -0.05) is 11.2 Å². The van der Waals surface area contributed by atoms with Gasteiger partial charge in [0.25, 0.3) is 0 Å². The maximum Gasteiger partial charge on any atom is 0.416 e. The highest BCUT2D eigenvalue weighted by molar-refractivity contribution is 5.97. The third-order valence-electron chi connectivity index (χ3n) is 5.91. The van der Waals surface area contributed by atoms with Gasteiger partial charge in [0.1, 0.15) is 11.6 Å². The van der Waals surface area contributed by atoms with Gasteiger partial charge in [0.15, 0.2) is 5.76 Å². The molecule has 5 rings (SSSR count). The Kier molecular flexibility index (Phi) is 6.52. The van der Waals surface area contributed by atoms with E-state index in [1.54, 1.807) is 0 Å². The predicted octanol–water partition coefficient (Wildman–Crippen LogP) is 7.55. The van der Waals surface area contributed by atoms with E-state index in [0.29, 0.717) is 12.1 Å². The Labute approximate surface area is 214 Å². The van der Waals surface area contributed by atoms with Crippen LogP contribution in [0.5, 0.6) is 0 Å². The fourth-order valence-corrected chi connectivity index (χ4v) is 4.17. The van der Waals surface area contributed by atoms with Gasteiger partial charge in [-0.05, 0) is 59.7 Å². The van der Waals surface area contributed by atoms with Gasteiger partial charge in [-0.2, -0.15) is 26.3 Å². The summed E-state index contributed by atoms with van der Waals surface area (Å²) in [6, 6.07) is 8.57. The Balaban J connectivity index is 1.63. The van der Waals surface area contributed by atoms with Crippen molar-refractivity contribution < 1.29 is 44.4 Å². The van der Waals surface area contributed by atoms with Crippen molar-refractivity contribution in [3.8, 4) is 11.1 Å². The second-order valence-electron chi connectivity index (χ2n) is 8.45. The second kappa shape index (κ2) is 9.71. The molecule has 1 atom stereocenters. The lowest BCUT2D eigenvalue weighted by Gasteiger charge is -2.27. The number of halogens is 8. The van der Waals surface area contributed by atoms with Crippen LogP contribution in [0.4, 0.5) is 35.1 Å². The Morgan fingerprint density at radius 2 is 1.51 bits per heavy atom. The molecule has 202 valence electrons. The lowest BCUT2D eigenvalue weighted by atomic mass is 9.99. The Morgan fingerprint density at radius 3 is 2.10 bits per heavy atom. The number of hydrogen-bond donors (Lipinski definition) is 0. The molecule has 0 N–H and O–H groups in total. The Bertz CT molecular complexity index is 1480. The molecule has 0 bridgehead atoms. The molecule has 2 aromatic heterocycles. The van der Waals surface area contributed by atoms with Crippen LogP contribution < -0.4 is 0 Å². The van der Waals surface area contributed by atoms with E-state index < -0.39 is 46.9 Å². The van der Waals surface area contributed by atoms with Crippen molar-refractivity contribution in [2.45, 2.75) is 25.1 Å². The number of oxime groups is 1. The van der Waals surface area contributed by atoms with Crippen molar-refractivity contribution >= 4 is 5.84 Å². The molecule has 2 aromatic carbocycles. The summed E-state index contributed by atoms with van der Waals surface area (Å²) in [5.74, 6) is -1.75. The number of pyridine rings is 1. The molecule has 1 unspecified atom stereocenters. The number of rotatable bonds is 5. The number of amidine groups is 1. The Hall–Kier alpha value is -4.42. The summed E-state index contributed by atoms with van der Waals surface area (Å²) < 4.78 is 116. The van der Waals surface area contributed by atoms with Crippen LogP contribution in [0.25, 0.3) is 11.1 Å². The number of furan rings is 1. The standard InChI is InChI=1S/C26H15F8N3O2/c27-19-3-1-4-20(28)22(19)18-6-7-35-12-15(18)13-37-23(21-5-2-8-38-21)36-39-24(37)14-9-16(25(29,30)31)11-17(10-14)26(32,33)34/h1-12,24H,13H2. The quantitative estimate of drug-likeness (QED) is 0.240. The molecule has 0 radical (unpaired) electrons. The van der Waals surface area contributed by atoms with E-state index in [1.807, 2.05) is 0 Å². The number of aromatic nitrogens is 1. The summed E-state index contributed by atoms with van der Waals surface area (Å²) in [5.41, 5.74) is -3.74. The highest BCUT2D eigenvalue weighted by Gasteiger charge is 2.41. The second-order valence-corrected chi connectivity index (χ2v) is 8.45. The minimum atomic E-state index is -5.09. The summed E-state index contributed by atoms with van der Waals surface area (Å²) in [6.07, 6.45) is -7.95. The summed E-state index contributed by atoms with van der Waals surface area (Å²) >= 11 is 0. The van der Waals surface area contributed by atoms with Gasteiger partial charge in [0.05, 0.1) is 29.5 Å². The van der Waals surface area contributed by atoms with Crippen LogP contribution in [0.3, 0.4) is 0 Å². The molecule has 0 amide bonds. The number of nitrogens with zero attached hydrogens (tertiary/aromatic N) is 3. The van der Waals surface area contributed by atoms with E-state index >= 15 is 0 Å². The molecule has 0 spiro atoms. The minimum absolute atomic E-state index is 0.00271. The average Bonchev–Trinajstić information content (AvgIpc) is 3.54. The Morgan fingerprint density at radius 1 is 0.846 bits per heavy atom. The van der Waals surface area contributed by atoms with Crippen molar-refractivity contribution in [2.75, 3.05) is 0 Å². The monoisotopic (exact) mass is 553 g/mol. The van der Waals surface area contributed by atoms with E-state index in [-0.39, 0.29) is 40.9 Å². The number of hydrogen-bond acceptors (Lipinski definition) is 5. The van der Waals surface area contributed by atoms with Gasteiger partial charge < -0.3 is 14.2 Å². The minimum Gasteiger partial charge on any atom is -0.461 e. The first kappa shape index (κ1) is 26.2. The number of benzene rings is 2. The van der Waals surface area contributed by atoms with E-state index in [9.17, 15) is 35.1 Å². The van der Waals surface area contributed by atoms with Crippen molar-refractivity contribution in [1.29, 1.82) is 0 Å². The smallest absolute Gasteiger partial charge is 0.416 e. The van der Waals surface area contributed by atoms with E-state index in [4.69, 9.17) is 9.25 Å². The van der Waals surface area contributed by atoms with Crippen molar-refractivity contribution in [3.05, 3.63) is 113 Å². The normalized spacial score (nSPS) is 15.8. The average molecular weight is 553 g/mol. The molecule has 13 heteroatoms. The van der Waals surface area contributed by atoms with Crippen molar-refractivity contribution in [3.63, 3.8) is 0 Å². The van der Waals surface area contributed by atoms with Crippen LogP contribution in [0.2, 0.25) is 0 Å². The highest BCUT2D eigenvalue weighted by atomic mass is 19.4. The molecule has 0 saturated carbocycles. The lowest BCUT2D eigenvalue weighted by molar-refractivity contribution is -0.143. The summed E-state index contributed by atoms with van der Waals surface area (Å²) in [4.78, 5) is 10.5. The van der Waals surface area contributed by atoms with Crippen LogP contribution >= 0.6 is 0 Å². The summed E-state index contributed by atoms with van der Waals surface area (Å²) in [5, 5.41) is 3.85. The van der Waals surface area contributed by atoms with E-state index in [1.165, 1.54) is 47.8 Å². The molecule has 3 heterocycles. The van der Waals surface area contributed by atoms with Crippen LogP contribution in [0.15, 0.2) is 82.8 Å². The maximum atomic E-state index is 14.6. The van der Waals surface area contributed by atoms with Gasteiger partial charge in [-0.25, -0.2) is 8.78 Å². The topological polar surface area (TPSA) is 50.9 Å². The summed E-state index contributed by atoms with van der Waals surface area (Å²) in [6.45, 7) is -0.335. The molecule has 5 nitrogen and oxygen atoms in total. The fraction of sp³-hybridized carbons (Fsp3) is 0.154. The van der Waals surface area contributed by atoms with Gasteiger partial charge in [-0.15, -0.1) is 0 Å². The first-order chi connectivity index (χ1) is 18.4. The van der Waals surface area contributed by atoms with Gasteiger partial charge in [-0.3, -0.25) is 4.98 Å². The van der Waals surface area contributed by atoms with Crippen LogP contribution in [0, 0.1) is 11.6 Å². The van der Waals surface area contributed by atoms with Crippen LogP contribution in [0.1, 0.15) is 34.2 Å². The molecule has 1 aliphatic heterocycles. The van der Waals surface area contributed by atoms with E-state index in [0.717, 1.165) is 12.1 Å². The fourth-order valence-electron chi connectivity index (χ4n) is 4.17. The molecule has 39 heavy (non-hydrogen) atoms. The zero-order valence-corrected chi connectivity index (χ0v) is 19.4. The molecule has 0 saturated heterocycles. The number of alkyl halides is 6. The third kappa shape index (κ3) is 5.16. The molecular formula is C26H15F8N3O2. The highest BCUT2D eigenvalue weighted by Crippen LogP contribution is 2.41. The van der Waals surface area contributed by atoms with Crippen molar-refractivity contribution in [2.24, 2.45) is 5.16 Å². The summed E-state index contributed by atoms with van der Waals surface area (Å²) in [7, 11) is 0. The molecule has 4 aromatic rings. The molecular weight excluding hydrogens is 538 g/mol. The molecule has 0 fully saturated rings. The van der Waals surface area contributed by atoms with Gasteiger partial charge >= 0.3 is 12.4 Å². The first-order valence-corrected chi connectivity index (χ1v) is 11.1. The van der Waals surface area contributed by atoms with Crippen molar-refractivity contribution in [1.82, 2.24) is 9.88 Å². The SMILES string of the molecule is Fc1cccc(F)c1-c1ccncc1CN1C(c2ccco2)=NOC1c1cc(C(F)(F)F)cc(C(F)(F)F)c1. The van der Waals surface area contributed by atoms with Gasteiger partial charge in [0.2, 0.25) is 12.1 Å². The predicted molar refractivity (Wildman–Crippen MR) is 121 cm³/mol. The molecule has 0 aliphatic carbocycles. The van der Waals surface area contributed by atoms with Gasteiger partial charge in [0, 0.05) is 18.0 Å². The lowest BCUT2D eigenvalue weighted by Crippen LogP contribution is -2.31. The third-order valence-corrected chi connectivity index (χ3v) is 5.91. The first-order valence-electron chi connectivity index (χ1n) is 11.1. The maximum absolute atomic E-state index is 14.6. The zero-order valence-electron chi connectivity index (χ0n) is 19.4. The van der Waals surface area contributed by atoms with E-state index in [2.05, 4.69) is 10.1 Å². The van der Waals surface area contributed by atoms with Crippen LogP contribution in [-0.2, 0) is 23.7 Å². The molecule has 1 aliphatic rings. The zero-order chi connectivity index (χ0) is 27.9. The largest absolute Gasteiger partial charge is 0.461 e. The van der Waals surface area contributed by atoms with Crippen LogP contribution in [-0.4, -0.2) is 15.7 Å².